The molecule has 0 bridgehead atoms. The number of alkyl halides is 4. The quantitative estimate of drug-likeness (QED) is 0.570. The molecule has 0 saturated heterocycles. The predicted molar refractivity (Wildman–Crippen MR) is 111 cm³/mol. The largest absolute Gasteiger partial charge is 0.434 e. The van der Waals surface area contributed by atoms with Crippen LogP contribution in [0.25, 0.3) is 0 Å². The molecule has 0 radical (unpaired) electrons. The second-order valence-electron chi connectivity index (χ2n) is 8.66. The highest BCUT2D eigenvalue weighted by molar-refractivity contribution is 5.94. The van der Waals surface area contributed by atoms with Crippen LogP contribution in [0.5, 0.6) is 5.75 Å². The van der Waals surface area contributed by atoms with Crippen LogP contribution < -0.4 is 10.1 Å². The molecule has 1 atom stereocenters. The maximum atomic E-state index is 14.0. The number of carbonyl (C=O) groups is 1. The molecule has 2 aliphatic rings. The minimum Gasteiger partial charge on any atom is -0.434 e. The zero-order valence-electron chi connectivity index (χ0n) is 18.0. The van der Waals surface area contributed by atoms with Crippen LogP contribution in [-0.4, -0.2) is 30.8 Å². The van der Waals surface area contributed by atoms with Crippen molar-refractivity contribution >= 4 is 5.91 Å². The van der Waals surface area contributed by atoms with E-state index in [0.29, 0.717) is 5.56 Å². The zero-order valence-corrected chi connectivity index (χ0v) is 18.0. The lowest BCUT2D eigenvalue weighted by atomic mass is 9.71. The lowest BCUT2D eigenvalue weighted by Gasteiger charge is -2.35. The first-order valence-corrected chi connectivity index (χ1v) is 10.8. The average Bonchev–Trinajstić information content (AvgIpc) is 2.72. The molecule has 1 amide bonds. The summed E-state index contributed by atoms with van der Waals surface area (Å²) < 4.78 is 63.7. The topological polar surface area (TPSA) is 67.8 Å². The van der Waals surface area contributed by atoms with Gasteiger partial charge in [0.05, 0.1) is 12.6 Å². The van der Waals surface area contributed by atoms with Crippen molar-refractivity contribution in [3.05, 3.63) is 64.2 Å². The number of ether oxygens (including phenoxy) is 2. The maximum absolute atomic E-state index is 14.0. The smallest absolute Gasteiger partial charge is 0.387 e. The second-order valence-corrected chi connectivity index (χ2v) is 8.66. The van der Waals surface area contributed by atoms with Crippen molar-refractivity contribution in [1.29, 1.82) is 0 Å². The summed E-state index contributed by atoms with van der Waals surface area (Å²) in [6.07, 6.45) is 1.55. The fourth-order valence-corrected chi connectivity index (χ4v) is 4.45. The number of nitrogens with one attached hydrogen (secondary N) is 1. The molecule has 0 aromatic heterocycles. The predicted octanol–water partition coefficient (Wildman–Crippen LogP) is 4.89. The van der Waals surface area contributed by atoms with Gasteiger partial charge in [-0.1, -0.05) is 18.2 Å². The van der Waals surface area contributed by atoms with E-state index in [0.717, 1.165) is 18.4 Å². The summed E-state index contributed by atoms with van der Waals surface area (Å²) in [4.78, 5) is 12.8. The number of hydrogen-bond donors (Lipinski definition) is 2. The number of amides is 1. The van der Waals surface area contributed by atoms with Gasteiger partial charge in [-0.05, 0) is 60.9 Å². The molecule has 5 nitrogen and oxygen atoms in total. The third-order valence-corrected chi connectivity index (χ3v) is 6.34. The molecule has 2 aromatic rings. The molecule has 0 spiro atoms. The van der Waals surface area contributed by atoms with Crippen LogP contribution in [0.15, 0.2) is 36.4 Å². The molecule has 2 aromatic carbocycles. The molecule has 1 fully saturated rings. The van der Waals surface area contributed by atoms with Gasteiger partial charge in [0, 0.05) is 23.3 Å². The number of fused-ring (bicyclic) bond motifs is 1. The van der Waals surface area contributed by atoms with Gasteiger partial charge >= 0.3 is 6.61 Å². The first-order chi connectivity index (χ1) is 15.7. The number of aliphatic hydroxyl groups is 1. The van der Waals surface area contributed by atoms with Crippen molar-refractivity contribution in [1.82, 2.24) is 5.32 Å². The summed E-state index contributed by atoms with van der Waals surface area (Å²) in [5.74, 6) is -3.29. The van der Waals surface area contributed by atoms with Crippen LogP contribution in [0.3, 0.4) is 0 Å². The Kier molecular flexibility index (Phi) is 6.63. The molecule has 1 aliphatic heterocycles. The number of rotatable bonds is 7. The maximum Gasteiger partial charge on any atom is 0.387 e. The first kappa shape index (κ1) is 23.5. The first-order valence-electron chi connectivity index (χ1n) is 10.8. The molecular weight excluding hydrogens is 442 g/mol. The van der Waals surface area contributed by atoms with Gasteiger partial charge < -0.3 is 19.9 Å². The summed E-state index contributed by atoms with van der Waals surface area (Å²) >= 11 is 0. The van der Waals surface area contributed by atoms with Gasteiger partial charge in [-0.2, -0.15) is 17.6 Å². The van der Waals surface area contributed by atoms with E-state index in [-0.39, 0.29) is 47.5 Å². The molecular formula is C24H25F4NO4. The molecule has 178 valence electrons. The Labute approximate surface area is 188 Å². The fraction of sp³-hybridized carbons (Fsp3) is 0.458. The molecule has 1 aliphatic carbocycles. The van der Waals surface area contributed by atoms with E-state index in [9.17, 15) is 27.5 Å². The van der Waals surface area contributed by atoms with E-state index in [1.165, 1.54) is 18.2 Å². The highest BCUT2D eigenvalue weighted by Crippen LogP contribution is 2.43. The van der Waals surface area contributed by atoms with Gasteiger partial charge in [-0.25, -0.2) is 0 Å². The van der Waals surface area contributed by atoms with Crippen molar-refractivity contribution in [2.24, 2.45) is 5.92 Å². The van der Waals surface area contributed by atoms with E-state index in [4.69, 9.17) is 9.47 Å². The number of aliphatic hydroxyl groups excluding tert-OH is 1. The molecule has 1 heterocycles. The normalized spacial score (nSPS) is 22.3. The number of hydrogen-bond acceptors (Lipinski definition) is 4. The van der Waals surface area contributed by atoms with Gasteiger partial charge in [0.2, 0.25) is 0 Å². The van der Waals surface area contributed by atoms with Crippen LogP contribution in [0.4, 0.5) is 17.6 Å². The van der Waals surface area contributed by atoms with E-state index >= 15 is 0 Å². The third kappa shape index (κ3) is 4.99. The SMILES string of the molecule is C[C@H](NC(=O)c1ccc2c(c1)COCC2(F)F)c1ccc(C2CC(CO)C2)cc1OC(F)F. The average molecular weight is 467 g/mol. The van der Waals surface area contributed by atoms with Crippen molar-refractivity contribution in [2.45, 2.75) is 50.9 Å². The van der Waals surface area contributed by atoms with Gasteiger partial charge in [-0.15, -0.1) is 0 Å². The summed E-state index contributed by atoms with van der Waals surface area (Å²) in [5.41, 5.74) is 1.45. The van der Waals surface area contributed by atoms with Crippen LogP contribution >= 0.6 is 0 Å². The lowest BCUT2D eigenvalue weighted by molar-refractivity contribution is -0.103. The Morgan fingerprint density at radius 1 is 1.24 bits per heavy atom. The monoisotopic (exact) mass is 467 g/mol. The molecule has 33 heavy (non-hydrogen) atoms. The summed E-state index contributed by atoms with van der Waals surface area (Å²) in [5, 5.41) is 11.9. The Bertz CT molecular complexity index is 1020. The highest BCUT2D eigenvalue weighted by Gasteiger charge is 2.38. The molecule has 2 N–H and O–H groups in total. The molecule has 4 rings (SSSR count). The van der Waals surface area contributed by atoms with Gasteiger partial charge in [0.25, 0.3) is 11.8 Å². The van der Waals surface area contributed by atoms with Crippen LogP contribution in [-0.2, 0) is 17.3 Å². The summed E-state index contributed by atoms with van der Waals surface area (Å²) in [7, 11) is 0. The van der Waals surface area contributed by atoms with E-state index < -0.39 is 31.1 Å². The Morgan fingerprint density at radius 3 is 2.70 bits per heavy atom. The zero-order chi connectivity index (χ0) is 23.8. The Hall–Kier alpha value is -2.65. The standard InChI is InChI=1S/C24H25F4NO4/c1-13(29-22(31)16-3-5-20-18(8-16)11-32-12-24(20,27)28)19-4-2-15(9-21(19)33-23(25)26)17-6-14(7-17)10-30/h2-5,8-9,13-14,17,23,30H,6-7,10-12H2,1H3,(H,29,31)/t13-,14?,17?/m0/s1. The van der Waals surface area contributed by atoms with Crippen LogP contribution in [0, 0.1) is 5.92 Å². The van der Waals surface area contributed by atoms with Crippen molar-refractivity contribution in [3.8, 4) is 5.75 Å². The van der Waals surface area contributed by atoms with Crippen molar-refractivity contribution in [2.75, 3.05) is 13.2 Å². The Balaban J connectivity index is 1.51. The third-order valence-electron chi connectivity index (χ3n) is 6.34. The second kappa shape index (κ2) is 9.30. The minimum absolute atomic E-state index is 0.0201. The lowest BCUT2D eigenvalue weighted by Crippen LogP contribution is -2.30. The van der Waals surface area contributed by atoms with Gasteiger partial charge in [0.15, 0.2) is 0 Å². The van der Waals surface area contributed by atoms with Crippen LogP contribution in [0.1, 0.15) is 64.3 Å². The number of benzene rings is 2. The number of halogens is 4. The number of carbonyl (C=O) groups excluding carboxylic acids is 1. The van der Waals surface area contributed by atoms with E-state index in [1.54, 1.807) is 19.1 Å². The minimum atomic E-state index is -3.11. The fourth-order valence-electron chi connectivity index (χ4n) is 4.45. The van der Waals surface area contributed by atoms with E-state index in [2.05, 4.69) is 5.32 Å². The van der Waals surface area contributed by atoms with Crippen molar-refractivity contribution in [3.63, 3.8) is 0 Å². The van der Waals surface area contributed by atoms with Gasteiger partial charge in [-0.3, -0.25) is 4.79 Å². The van der Waals surface area contributed by atoms with Crippen LogP contribution in [0.2, 0.25) is 0 Å². The molecule has 0 unspecified atom stereocenters. The summed E-state index contributed by atoms with van der Waals surface area (Å²) in [6, 6.07) is 8.22. The van der Waals surface area contributed by atoms with Crippen molar-refractivity contribution < 1.29 is 36.9 Å². The molecule has 9 heteroatoms. The molecule has 1 saturated carbocycles. The van der Waals surface area contributed by atoms with E-state index in [1.807, 2.05) is 6.07 Å². The highest BCUT2D eigenvalue weighted by atomic mass is 19.3. The van der Waals surface area contributed by atoms with Gasteiger partial charge in [0.1, 0.15) is 12.4 Å². The Morgan fingerprint density at radius 2 is 2.00 bits per heavy atom. The summed E-state index contributed by atoms with van der Waals surface area (Å²) in [6.45, 7) is -2.02.